The van der Waals surface area contributed by atoms with Gasteiger partial charge in [-0.25, -0.2) is 0 Å². The first-order valence-corrected chi connectivity index (χ1v) is 3.27. The van der Waals surface area contributed by atoms with Crippen LogP contribution in [-0.2, 0) is 6.54 Å². The molecule has 0 N–H and O–H groups in total. The van der Waals surface area contributed by atoms with Crippen LogP contribution in [0.25, 0.3) is 0 Å². The molecule has 0 fully saturated rings. The van der Waals surface area contributed by atoms with Gasteiger partial charge in [0.15, 0.2) is 6.29 Å². The van der Waals surface area contributed by atoms with Gasteiger partial charge in [0, 0.05) is 12.2 Å². The fraction of sp³-hybridized carbons (Fsp3) is 0.429. The number of carbonyl (C=O) groups is 1. The molecule has 0 spiro atoms. The lowest BCUT2D eigenvalue weighted by Gasteiger charge is -1.95. The fourth-order valence-corrected chi connectivity index (χ4v) is 0.913. The molecule has 1 rings (SSSR count). The maximum atomic E-state index is 10.2. The minimum atomic E-state index is 0.513. The van der Waals surface area contributed by atoms with Crippen LogP contribution in [0.3, 0.4) is 0 Å². The van der Waals surface area contributed by atoms with Crippen LogP contribution in [0.1, 0.15) is 23.1 Å². The van der Waals surface area contributed by atoms with Crippen molar-refractivity contribution in [2.45, 2.75) is 20.4 Å². The average Bonchev–Trinajstić information content (AvgIpc) is 2.30. The van der Waals surface area contributed by atoms with E-state index >= 15 is 0 Å². The molecule has 1 aromatic rings. The summed E-state index contributed by atoms with van der Waals surface area (Å²) in [6.07, 6.45) is 0.763. The van der Waals surface area contributed by atoms with E-state index in [4.69, 9.17) is 0 Å². The molecule has 1 aromatic heterocycles. The van der Waals surface area contributed by atoms with Gasteiger partial charge in [0.25, 0.3) is 0 Å². The Labute approximate surface area is 59.7 Å². The second kappa shape index (κ2) is 2.64. The Kier molecular flexibility index (Phi) is 1.85. The number of hydrogen-bond donors (Lipinski definition) is 0. The Bertz CT molecular complexity index is 240. The maximum absolute atomic E-state index is 10.2. The smallest absolute Gasteiger partial charge is 0.170 e. The molecule has 0 radical (unpaired) electrons. The number of aryl methyl sites for hydroxylation is 2. The molecule has 0 aliphatic rings. The molecular formula is C7H10N2O. The van der Waals surface area contributed by atoms with Gasteiger partial charge in [-0.05, 0) is 19.9 Å². The lowest BCUT2D eigenvalue weighted by molar-refractivity contribution is 0.111. The van der Waals surface area contributed by atoms with Crippen LogP contribution in [0.4, 0.5) is 0 Å². The number of rotatable bonds is 2. The van der Waals surface area contributed by atoms with Gasteiger partial charge in [-0.1, -0.05) is 0 Å². The Hall–Kier alpha value is -1.12. The first kappa shape index (κ1) is 6.99. The second-order valence-electron chi connectivity index (χ2n) is 2.14. The van der Waals surface area contributed by atoms with Crippen LogP contribution < -0.4 is 0 Å². The summed E-state index contributed by atoms with van der Waals surface area (Å²) in [7, 11) is 0. The van der Waals surface area contributed by atoms with Crippen molar-refractivity contribution in [1.82, 2.24) is 9.78 Å². The van der Waals surface area contributed by atoms with Crippen molar-refractivity contribution in [3.8, 4) is 0 Å². The van der Waals surface area contributed by atoms with Gasteiger partial charge in [0.1, 0.15) is 5.69 Å². The normalized spacial score (nSPS) is 9.80. The van der Waals surface area contributed by atoms with Crippen molar-refractivity contribution in [3.05, 3.63) is 17.5 Å². The highest BCUT2D eigenvalue weighted by Gasteiger charge is 1.98. The summed E-state index contributed by atoms with van der Waals surface area (Å²) >= 11 is 0. The molecule has 0 saturated carbocycles. The van der Waals surface area contributed by atoms with E-state index in [1.54, 1.807) is 10.7 Å². The molecule has 0 aromatic carbocycles. The van der Waals surface area contributed by atoms with Crippen LogP contribution in [0, 0.1) is 6.92 Å². The largest absolute Gasteiger partial charge is 0.296 e. The van der Waals surface area contributed by atoms with E-state index in [1.165, 1.54) is 0 Å². The molecule has 0 saturated heterocycles. The standard InChI is InChI=1S/C7H10N2O/c1-3-9-6(2)4-7(5-10)8-9/h4-5H,3H2,1-2H3. The summed E-state index contributed by atoms with van der Waals surface area (Å²) in [5, 5.41) is 4.00. The Morgan fingerprint density at radius 2 is 2.50 bits per heavy atom. The molecular weight excluding hydrogens is 128 g/mol. The predicted octanol–water partition coefficient (Wildman–Crippen LogP) is 1.02. The molecule has 0 bridgehead atoms. The van der Waals surface area contributed by atoms with Crippen LogP contribution in [0.2, 0.25) is 0 Å². The Morgan fingerprint density at radius 3 is 2.80 bits per heavy atom. The summed E-state index contributed by atoms with van der Waals surface area (Å²) < 4.78 is 1.80. The number of nitrogens with zero attached hydrogens (tertiary/aromatic N) is 2. The number of aldehydes is 1. The minimum absolute atomic E-state index is 0.513. The van der Waals surface area contributed by atoms with Gasteiger partial charge in [-0.15, -0.1) is 0 Å². The monoisotopic (exact) mass is 138 g/mol. The maximum Gasteiger partial charge on any atom is 0.170 e. The van der Waals surface area contributed by atoms with Crippen LogP contribution >= 0.6 is 0 Å². The molecule has 0 amide bonds. The van der Waals surface area contributed by atoms with Gasteiger partial charge in [0.2, 0.25) is 0 Å². The quantitative estimate of drug-likeness (QED) is 0.572. The Morgan fingerprint density at radius 1 is 1.80 bits per heavy atom. The summed E-state index contributed by atoms with van der Waals surface area (Å²) in [5.41, 5.74) is 1.55. The van der Waals surface area contributed by atoms with Crippen molar-refractivity contribution in [2.24, 2.45) is 0 Å². The van der Waals surface area contributed by atoms with Crippen LogP contribution in [0.15, 0.2) is 6.07 Å². The van der Waals surface area contributed by atoms with Crippen molar-refractivity contribution in [3.63, 3.8) is 0 Å². The van der Waals surface area contributed by atoms with Crippen molar-refractivity contribution in [2.75, 3.05) is 0 Å². The van der Waals surface area contributed by atoms with E-state index in [0.717, 1.165) is 18.5 Å². The van der Waals surface area contributed by atoms with Gasteiger partial charge in [-0.3, -0.25) is 9.48 Å². The van der Waals surface area contributed by atoms with Gasteiger partial charge < -0.3 is 0 Å². The summed E-state index contributed by atoms with van der Waals surface area (Å²) in [5.74, 6) is 0. The Balaban J connectivity index is 3.03. The number of hydrogen-bond acceptors (Lipinski definition) is 2. The second-order valence-corrected chi connectivity index (χ2v) is 2.14. The van der Waals surface area contributed by atoms with Crippen LogP contribution in [-0.4, -0.2) is 16.1 Å². The summed E-state index contributed by atoms with van der Waals surface area (Å²) in [6.45, 7) is 4.75. The lowest BCUT2D eigenvalue weighted by atomic mass is 10.4. The third-order valence-corrected chi connectivity index (χ3v) is 1.42. The van der Waals surface area contributed by atoms with E-state index in [9.17, 15) is 4.79 Å². The van der Waals surface area contributed by atoms with E-state index in [0.29, 0.717) is 5.69 Å². The molecule has 10 heavy (non-hydrogen) atoms. The van der Waals surface area contributed by atoms with Gasteiger partial charge in [0.05, 0.1) is 0 Å². The van der Waals surface area contributed by atoms with Gasteiger partial charge in [-0.2, -0.15) is 5.10 Å². The molecule has 0 aliphatic carbocycles. The minimum Gasteiger partial charge on any atom is -0.296 e. The summed E-state index contributed by atoms with van der Waals surface area (Å²) in [4.78, 5) is 10.2. The highest BCUT2D eigenvalue weighted by Crippen LogP contribution is 1.99. The van der Waals surface area contributed by atoms with Crippen LogP contribution in [0.5, 0.6) is 0 Å². The first-order chi connectivity index (χ1) is 4.77. The predicted molar refractivity (Wildman–Crippen MR) is 38.0 cm³/mol. The molecule has 0 aliphatic heterocycles. The SMILES string of the molecule is CCn1nc(C=O)cc1C. The molecule has 54 valence electrons. The highest BCUT2D eigenvalue weighted by atomic mass is 16.1. The van der Waals surface area contributed by atoms with E-state index in [2.05, 4.69) is 5.10 Å². The molecule has 0 unspecified atom stereocenters. The fourth-order valence-electron chi connectivity index (χ4n) is 0.913. The number of aromatic nitrogens is 2. The highest BCUT2D eigenvalue weighted by molar-refractivity contribution is 5.71. The zero-order chi connectivity index (χ0) is 7.56. The number of carbonyl (C=O) groups excluding carboxylic acids is 1. The van der Waals surface area contributed by atoms with E-state index in [1.807, 2.05) is 13.8 Å². The topological polar surface area (TPSA) is 34.9 Å². The lowest BCUT2D eigenvalue weighted by Crippen LogP contribution is -1.98. The van der Waals surface area contributed by atoms with Crippen molar-refractivity contribution < 1.29 is 4.79 Å². The van der Waals surface area contributed by atoms with E-state index < -0.39 is 0 Å². The molecule has 3 heteroatoms. The zero-order valence-corrected chi connectivity index (χ0v) is 6.16. The first-order valence-electron chi connectivity index (χ1n) is 3.27. The van der Waals surface area contributed by atoms with E-state index in [-0.39, 0.29) is 0 Å². The average molecular weight is 138 g/mol. The zero-order valence-electron chi connectivity index (χ0n) is 6.16. The van der Waals surface area contributed by atoms with Gasteiger partial charge >= 0.3 is 0 Å². The molecule has 1 heterocycles. The third-order valence-electron chi connectivity index (χ3n) is 1.42. The third kappa shape index (κ3) is 1.07. The van der Waals surface area contributed by atoms with Crippen molar-refractivity contribution >= 4 is 6.29 Å². The van der Waals surface area contributed by atoms with Crippen molar-refractivity contribution in [1.29, 1.82) is 0 Å². The molecule has 3 nitrogen and oxygen atoms in total. The summed E-state index contributed by atoms with van der Waals surface area (Å²) in [6, 6.07) is 1.77. The molecule has 0 atom stereocenters.